The number of benzene rings is 1. The van der Waals surface area contributed by atoms with Gasteiger partial charge < -0.3 is 39.8 Å². The molecule has 16 heteroatoms. The molecule has 0 aromatic heterocycles. The van der Waals surface area contributed by atoms with Crippen molar-refractivity contribution in [3.05, 3.63) is 27.8 Å². The number of nitrogens with two attached hydrogens (primary N) is 1. The average Bonchev–Trinajstić information content (AvgIpc) is 3.06. The maximum absolute atomic E-state index is 13.3. The topological polar surface area (TPSA) is 156 Å². The fourth-order valence-electron chi connectivity index (χ4n) is 5.97. The van der Waals surface area contributed by atoms with Gasteiger partial charge in [-0.25, -0.2) is 8.42 Å². The van der Waals surface area contributed by atoms with E-state index >= 15 is 0 Å². The highest BCUT2D eigenvalue weighted by atomic mass is 127. The van der Waals surface area contributed by atoms with Crippen LogP contribution in [0.15, 0.2) is 29.2 Å². The summed E-state index contributed by atoms with van der Waals surface area (Å²) in [6, 6.07) is 7.31. The summed E-state index contributed by atoms with van der Waals surface area (Å²) >= 11 is 2.04. The molecule has 2 amide bonds. The van der Waals surface area contributed by atoms with Crippen LogP contribution in [0.4, 0.5) is 0 Å². The lowest BCUT2D eigenvalue weighted by Crippen LogP contribution is -2.54. The predicted molar refractivity (Wildman–Crippen MR) is 180 cm³/mol. The zero-order chi connectivity index (χ0) is 32.9. The van der Waals surface area contributed by atoms with Gasteiger partial charge in [0.15, 0.2) is 0 Å². The van der Waals surface area contributed by atoms with Crippen LogP contribution in [-0.2, 0) is 38.6 Å². The van der Waals surface area contributed by atoms with Gasteiger partial charge in [0.2, 0.25) is 21.8 Å². The van der Waals surface area contributed by atoms with Crippen LogP contribution in [-0.4, -0.2) is 170 Å². The second-order valence-corrected chi connectivity index (χ2v) is 15.0. The minimum absolute atomic E-state index is 0.0157. The number of halogens is 1. The summed E-state index contributed by atoms with van der Waals surface area (Å²) in [5.41, 5.74) is 4.89. The number of rotatable bonds is 11. The second-order valence-electron chi connectivity index (χ2n) is 11.9. The van der Waals surface area contributed by atoms with E-state index in [0.717, 1.165) is 39.3 Å². The highest BCUT2D eigenvalue weighted by molar-refractivity contribution is 14.1. The lowest BCUT2D eigenvalue weighted by atomic mass is 10.0. The summed E-state index contributed by atoms with van der Waals surface area (Å²) in [5.74, 6) is -0.474. The van der Waals surface area contributed by atoms with Crippen molar-refractivity contribution in [3.63, 3.8) is 0 Å². The van der Waals surface area contributed by atoms with Crippen LogP contribution < -0.4 is 11.1 Å². The van der Waals surface area contributed by atoms with E-state index in [0.29, 0.717) is 47.4 Å². The number of morpholine rings is 2. The molecule has 1 aromatic carbocycles. The molecule has 46 heavy (non-hydrogen) atoms. The fourth-order valence-corrected chi connectivity index (χ4v) is 8.84. The molecular formula is C30H49IN6O8S. The van der Waals surface area contributed by atoms with Gasteiger partial charge in [-0.15, -0.1) is 0 Å². The Balaban J connectivity index is 0.000000337. The quantitative estimate of drug-likeness (QED) is 0.277. The number of sulfonamides is 1. The van der Waals surface area contributed by atoms with Crippen molar-refractivity contribution < 1.29 is 37.0 Å². The summed E-state index contributed by atoms with van der Waals surface area (Å²) in [5, 5.41) is 3.19. The van der Waals surface area contributed by atoms with Crippen LogP contribution >= 0.6 is 22.6 Å². The van der Waals surface area contributed by atoms with Crippen LogP contribution in [0.2, 0.25) is 0 Å². The van der Waals surface area contributed by atoms with Crippen LogP contribution in [0.25, 0.3) is 0 Å². The van der Waals surface area contributed by atoms with Crippen molar-refractivity contribution in [3.8, 4) is 0 Å². The first-order valence-electron chi connectivity index (χ1n) is 15.9. The van der Waals surface area contributed by atoms with Crippen LogP contribution in [0.5, 0.6) is 0 Å². The first kappa shape index (κ1) is 37.3. The first-order chi connectivity index (χ1) is 22.1. The molecule has 2 atom stereocenters. The van der Waals surface area contributed by atoms with Gasteiger partial charge in [-0.05, 0) is 67.7 Å². The van der Waals surface area contributed by atoms with Gasteiger partial charge >= 0.3 is 0 Å². The van der Waals surface area contributed by atoms with E-state index < -0.39 is 22.0 Å². The molecule has 0 aliphatic carbocycles. The Bertz CT molecular complexity index is 1210. The molecule has 2 unspecified atom stereocenters. The smallest absolute Gasteiger partial charge is 0.248 e. The number of nitrogens with zero attached hydrogens (tertiary/aromatic N) is 4. The number of hydrogen-bond acceptors (Lipinski definition) is 11. The number of ether oxygens (including phenoxy) is 4. The van der Waals surface area contributed by atoms with Crippen molar-refractivity contribution >= 4 is 44.4 Å². The highest BCUT2D eigenvalue weighted by Crippen LogP contribution is 2.25. The van der Waals surface area contributed by atoms with Crippen molar-refractivity contribution in [2.24, 2.45) is 5.73 Å². The van der Waals surface area contributed by atoms with Gasteiger partial charge in [0.05, 0.1) is 56.6 Å². The molecule has 0 bridgehead atoms. The monoisotopic (exact) mass is 780 g/mol. The van der Waals surface area contributed by atoms with Crippen LogP contribution in [0.1, 0.15) is 12.8 Å². The highest BCUT2D eigenvalue weighted by Gasteiger charge is 2.35. The molecule has 0 radical (unpaired) electrons. The Morgan fingerprint density at radius 1 is 0.957 bits per heavy atom. The fraction of sp³-hybridized carbons (Fsp3) is 0.733. The minimum atomic E-state index is -3.67. The van der Waals surface area contributed by atoms with Gasteiger partial charge in [0.25, 0.3) is 0 Å². The number of piperidine rings is 1. The summed E-state index contributed by atoms with van der Waals surface area (Å²) in [7, 11) is -1.50. The van der Waals surface area contributed by atoms with Crippen LogP contribution in [0.3, 0.4) is 0 Å². The van der Waals surface area contributed by atoms with E-state index in [2.05, 4.69) is 22.2 Å². The van der Waals surface area contributed by atoms with E-state index in [1.165, 1.54) is 17.1 Å². The van der Waals surface area contributed by atoms with Gasteiger partial charge in [-0.3, -0.25) is 14.5 Å². The Hall–Kier alpha value is -1.48. The van der Waals surface area contributed by atoms with E-state index in [-0.39, 0.29) is 44.9 Å². The largest absolute Gasteiger partial charge is 0.378 e. The number of carbonyl (C=O) groups excluding carboxylic acids is 2. The maximum atomic E-state index is 13.3. The van der Waals surface area contributed by atoms with Crippen molar-refractivity contribution in [1.29, 1.82) is 0 Å². The van der Waals surface area contributed by atoms with Gasteiger partial charge in [0, 0.05) is 48.9 Å². The number of amides is 2. The Labute approximate surface area is 286 Å². The molecule has 0 spiro atoms. The molecular weight excluding hydrogens is 731 g/mol. The summed E-state index contributed by atoms with van der Waals surface area (Å²) in [6.07, 6.45) is 2.39. The number of nitrogens with one attached hydrogen (secondary N) is 1. The third-order valence-electron chi connectivity index (χ3n) is 8.57. The average molecular weight is 781 g/mol. The zero-order valence-electron chi connectivity index (χ0n) is 26.7. The molecule has 4 aliphatic heterocycles. The lowest BCUT2D eigenvalue weighted by Gasteiger charge is -2.42. The Kier molecular flexibility index (Phi) is 15.3. The number of piperazine rings is 1. The van der Waals surface area contributed by atoms with Crippen molar-refractivity contribution in [1.82, 2.24) is 24.3 Å². The SMILES string of the molecule is CN1CCC(N2CCN(C(=O)COCC3COCCN3S(=O)(=O)c3ccccc3I)CC2)CC1.NC(=O)COCC1COCCN1. The molecule has 4 heterocycles. The summed E-state index contributed by atoms with van der Waals surface area (Å²) in [6.45, 7) is 9.15. The van der Waals surface area contributed by atoms with Crippen molar-refractivity contribution in [2.45, 2.75) is 35.9 Å². The lowest BCUT2D eigenvalue weighted by molar-refractivity contribution is -0.139. The van der Waals surface area contributed by atoms with E-state index in [9.17, 15) is 18.0 Å². The number of primary amides is 1. The first-order valence-corrected chi connectivity index (χ1v) is 18.5. The van der Waals surface area contributed by atoms with Gasteiger partial charge in [-0.2, -0.15) is 4.31 Å². The molecule has 0 saturated carbocycles. The molecule has 3 N–H and O–H groups in total. The van der Waals surface area contributed by atoms with Gasteiger partial charge in [0.1, 0.15) is 13.2 Å². The molecule has 14 nitrogen and oxygen atoms in total. The molecule has 4 aliphatic rings. The van der Waals surface area contributed by atoms with Gasteiger partial charge in [-0.1, -0.05) is 12.1 Å². The van der Waals surface area contributed by atoms with Crippen molar-refractivity contribution in [2.75, 3.05) is 112 Å². The third-order valence-corrected chi connectivity index (χ3v) is 11.9. The molecule has 1 aromatic rings. The Morgan fingerprint density at radius 2 is 1.65 bits per heavy atom. The molecule has 4 saturated heterocycles. The van der Waals surface area contributed by atoms with E-state index in [1.54, 1.807) is 18.2 Å². The molecule has 5 rings (SSSR count). The predicted octanol–water partition coefficient (Wildman–Crippen LogP) is -0.588. The van der Waals surface area contributed by atoms with Crippen LogP contribution in [0, 0.1) is 3.57 Å². The minimum Gasteiger partial charge on any atom is -0.378 e. The third kappa shape index (κ3) is 11.3. The number of likely N-dealkylation sites (tertiary alicyclic amines) is 1. The number of hydrogen-bond donors (Lipinski definition) is 2. The normalized spacial score (nSPS) is 24.3. The van der Waals surface area contributed by atoms with E-state index in [4.69, 9.17) is 24.7 Å². The standard InChI is InChI=1S/C23H35IN4O5S.C7H14N2O3/c1-25-8-6-19(7-9-25)26-10-12-27(13-11-26)23(29)18-33-17-20-16-32-15-14-28(20)34(30,31)22-5-3-2-4-21(22)24;8-7(10)5-12-4-6-3-11-2-1-9-6/h2-5,19-20H,6-18H2,1H3;6,9H,1-5H2,(H2,8,10). The number of carbonyl (C=O) groups is 2. The maximum Gasteiger partial charge on any atom is 0.248 e. The van der Waals surface area contributed by atoms with E-state index in [1.807, 2.05) is 33.6 Å². The summed E-state index contributed by atoms with van der Waals surface area (Å²) < 4.78 is 50.1. The molecule has 4 fully saturated rings. The zero-order valence-corrected chi connectivity index (χ0v) is 29.7. The Morgan fingerprint density at radius 3 is 2.33 bits per heavy atom. The summed E-state index contributed by atoms with van der Waals surface area (Å²) in [4.78, 5) is 30.1. The second kappa shape index (κ2) is 18.9. The molecule has 260 valence electrons.